The molecule has 1 N–H and O–H groups in total. The normalized spacial score (nSPS) is 21.2. The van der Waals surface area contributed by atoms with Gasteiger partial charge in [-0.05, 0) is 12.1 Å². The Kier molecular flexibility index (Phi) is 2.18. The van der Waals surface area contributed by atoms with E-state index in [-0.39, 0.29) is 11.4 Å². The second-order valence-corrected chi connectivity index (χ2v) is 5.10. The zero-order chi connectivity index (χ0) is 11.3. The highest BCUT2D eigenvalue weighted by Gasteiger charge is 2.46. The first-order valence-corrected chi connectivity index (χ1v) is 5.77. The molecule has 0 saturated carbocycles. The minimum absolute atomic E-state index is 0.0483. The topological polar surface area (TPSA) is 38.3 Å². The van der Waals surface area contributed by atoms with Crippen molar-refractivity contribution in [2.24, 2.45) is 0 Å². The number of rotatable bonds is 0. The Bertz CT molecular complexity index is 483. The molecule has 2 heterocycles. The second-order valence-electron chi connectivity index (χ2n) is 4.25. The number of hydrogen-bond donors (Lipinski definition) is 1. The van der Waals surface area contributed by atoms with Crippen LogP contribution in [-0.4, -0.2) is 24.5 Å². The fraction of sp³-hybridized carbons (Fsp3) is 0.364. The minimum atomic E-state index is -0.387. The third-order valence-corrected chi connectivity index (χ3v) is 3.50. The quantitative estimate of drug-likeness (QED) is 0.776. The summed E-state index contributed by atoms with van der Waals surface area (Å²) in [5.41, 5.74) is 0.108. The highest BCUT2D eigenvalue weighted by molar-refractivity contribution is 6.36. The maximum Gasteiger partial charge on any atom is 0.170 e. The lowest BCUT2D eigenvalue weighted by molar-refractivity contribution is 0.00249. The van der Waals surface area contributed by atoms with Gasteiger partial charge in [-0.3, -0.25) is 4.79 Å². The molecule has 5 heteroatoms. The fourth-order valence-corrected chi connectivity index (χ4v) is 2.64. The van der Waals surface area contributed by atoms with Crippen LogP contribution in [0.4, 0.5) is 0 Å². The Hall–Kier alpha value is -0.770. The van der Waals surface area contributed by atoms with Crippen LogP contribution in [-0.2, 0) is 0 Å². The lowest BCUT2D eigenvalue weighted by Crippen LogP contribution is -2.65. The second kappa shape index (κ2) is 3.36. The van der Waals surface area contributed by atoms with E-state index in [0.717, 1.165) is 0 Å². The Morgan fingerprint density at radius 3 is 2.69 bits per heavy atom. The van der Waals surface area contributed by atoms with Gasteiger partial charge < -0.3 is 10.1 Å². The van der Waals surface area contributed by atoms with Crippen LogP contribution >= 0.6 is 23.2 Å². The maximum atomic E-state index is 12.0. The van der Waals surface area contributed by atoms with Crippen molar-refractivity contribution in [3.63, 3.8) is 0 Å². The zero-order valence-electron chi connectivity index (χ0n) is 8.35. The molecule has 2 aliphatic rings. The number of nitrogens with one attached hydrogen (secondary N) is 1. The number of ketones is 1. The number of Topliss-reactive ketones (excluding diaryl/α,β-unsaturated/α-hetero) is 1. The van der Waals surface area contributed by atoms with Crippen LogP contribution in [0.1, 0.15) is 16.8 Å². The lowest BCUT2D eigenvalue weighted by atomic mass is 9.85. The molecule has 0 unspecified atom stereocenters. The van der Waals surface area contributed by atoms with E-state index in [4.69, 9.17) is 27.9 Å². The van der Waals surface area contributed by atoms with Crippen molar-refractivity contribution >= 4 is 29.0 Å². The molecule has 1 aromatic rings. The van der Waals surface area contributed by atoms with Gasteiger partial charge >= 0.3 is 0 Å². The molecule has 16 heavy (non-hydrogen) atoms. The lowest BCUT2D eigenvalue weighted by Gasteiger charge is -2.45. The van der Waals surface area contributed by atoms with Gasteiger partial charge in [-0.2, -0.15) is 0 Å². The van der Waals surface area contributed by atoms with Gasteiger partial charge in [-0.1, -0.05) is 23.2 Å². The summed E-state index contributed by atoms with van der Waals surface area (Å²) in [4.78, 5) is 12.0. The van der Waals surface area contributed by atoms with Crippen LogP contribution < -0.4 is 10.1 Å². The molecule has 1 saturated heterocycles. The maximum absolute atomic E-state index is 12.0. The third-order valence-electron chi connectivity index (χ3n) is 3.00. The highest BCUT2D eigenvalue weighted by atomic mass is 35.5. The first kappa shape index (κ1) is 10.4. The van der Waals surface area contributed by atoms with E-state index in [9.17, 15) is 4.79 Å². The van der Waals surface area contributed by atoms with Gasteiger partial charge in [0.2, 0.25) is 0 Å². The van der Waals surface area contributed by atoms with Crippen molar-refractivity contribution in [3.8, 4) is 5.75 Å². The molecular weight excluding hydrogens is 249 g/mol. The molecule has 1 aromatic carbocycles. The van der Waals surface area contributed by atoms with Gasteiger partial charge in [0.1, 0.15) is 11.4 Å². The summed E-state index contributed by atoms with van der Waals surface area (Å²) in [6.07, 6.45) is 0.393. The van der Waals surface area contributed by atoms with E-state index < -0.39 is 0 Å². The van der Waals surface area contributed by atoms with E-state index in [1.807, 2.05) is 0 Å². The smallest absolute Gasteiger partial charge is 0.170 e. The summed E-state index contributed by atoms with van der Waals surface area (Å²) in [6.45, 7) is 1.38. The van der Waals surface area contributed by atoms with E-state index in [0.29, 0.717) is 40.9 Å². The summed E-state index contributed by atoms with van der Waals surface area (Å²) in [7, 11) is 0. The van der Waals surface area contributed by atoms with Crippen LogP contribution in [0.25, 0.3) is 0 Å². The first-order chi connectivity index (χ1) is 7.60. The molecule has 0 amide bonds. The van der Waals surface area contributed by atoms with Crippen LogP contribution in [0.3, 0.4) is 0 Å². The molecule has 84 valence electrons. The summed E-state index contributed by atoms with van der Waals surface area (Å²) >= 11 is 11.9. The third kappa shape index (κ3) is 1.43. The molecule has 2 aliphatic heterocycles. The van der Waals surface area contributed by atoms with Crippen LogP contribution in [0.5, 0.6) is 5.75 Å². The van der Waals surface area contributed by atoms with Gasteiger partial charge in [0.05, 0.1) is 17.0 Å². The Labute approximate surface area is 103 Å². The molecule has 3 nitrogen and oxygen atoms in total. The SMILES string of the molecule is O=C1CC2(CNC2)Oc2c(Cl)cc(Cl)cc21. The van der Waals surface area contributed by atoms with Gasteiger partial charge in [0, 0.05) is 18.1 Å². The van der Waals surface area contributed by atoms with Crippen molar-refractivity contribution in [2.75, 3.05) is 13.1 Å². The summed E-state index contributed by atoms with van der Waals surface area (Å²) in [6, 6.07) is 3.21. The number of ether oxygens (including phenoxy) is 1. The predicted molar refractivity (Wildman–Crippen MR) is 61.6 cm³/mol. The molecule has 0 aromatic heterocycles. The molecule has 0 atom stereocenters. The minimum Gasteiger partial charge on any atom is -0.482 e. The summed E-state index contributed by atoms with van der Waals surface area (Å²) in [5, 5.41) is 3.97. The number of fused-ring (bicyclic) bond motifs is 1. The van der Waals surface area contributed by atoms with Gasteiger partial charge in [-0.15, -0.1) is 0 Å². The molecular formula is C11H9Cl2NO2. The number of carbonyl (C=O) groups is 1. The van der Waals surface area contributed by atoms with Crippen molar-refractivity contribution in [2.45, 2.75) is 12.0 Å². The van der Waals surface area contributed by atoms with E-state index in [1.165, 1.54) is 0 Å². The van der Waals surface area contributed by atoms with Gasteiger partial charge in [-0.25, -0.2) is 0 Å². The monoisotopic (exact) mass is 257 g/mol. The van der Waals surface area contributed by atoms with Crippen molar-refractivity contribution in [1.82, 2.24) is 5.32 Å². The van der Waals surface area contributed by atoms with Crippen LogP contribution in [0, 0.1) is 0 Å². The van der Waals surface area contributed by atoms with Crippen LogP contribution in [0.15, 0.2) is 12.1 Å². The average Bonchev–Trinajstić information content (AvgIpc) is 2.17. The van der Waals surface area contributed by atoms with E-state index in [1.54, 1.807) is 12.1 Å². The molecule has 0 radical (unpaired) electrons. The summed E-state index contributed by atoms with van der Waals surface area (Å²) < 4.78 is 5.84. The number of carbonyl (C=O) groups excluding carboxylic acids is 1. The average molecular weight is 258 g/mol. The molecule has 1 fully saturated rings. The van der Waals surface area contributed by atoms with Gasteiger partial charge in [0.25, 0.3) is 0 Å². The van der Waals surface area contributed by atoms with Crippen LogP contribution in [0.2, 0.25) is 10.0 Å². The van der Waals surface area contributed by atoms with Gasteiger partial charge in [0.15, 0.2) is 5.78 Å². The number of benzene rings is 1. The highest BCUT2D eigenvalue weighted by Crippen LogP contribution is 2.41. The molecule has 0 aliphatic carbocycles. The molecule has 0 bridgehead atoms. The Balaban J connectivity index is 2.11. The standard InChI is InChI=1S/C11H9Cl2NO2/c12-6-1-7-9(15)3-11(4-14-5-11)16-10(7)8(13)2-6/h1-2,14H,3-5H2. The number of hydrogen-bond acceptors (Lipinski definition) is 3. The van der Waals surface area contributed by atoms with Crippen molar-refractivity contribution in [1.29, 1.82) is 0 Å². The van der Waals surface area contributed by atoms with E-state index in [2.05, 4.69) is 5.32 Å². The summed E-state index contributed by atoms with van der Waals surface area (Å²) in [5.74, 6) is 0.524. The number of halogens is 2. The van der Waals surface area contributed by atoms with Crippen molar-refractivity contribution < 1.29 is 9.53 Å². The van der Waals surface area contributed by atoms with Crippen molar-refractivity contribution in [3.05, 3.63) is 27.7 Å². The first-order valence-electron chi connectivity index (χ1n) is 5.02. The fourth-order valence-electron chi connectivity index (χ4n) is 2.11. The Morgan fingerprint density at radius 1 is 1.31 bits per heavy atom. The Morgan fingerprint density at radius 2 is 2.06 bits per heavy atom. The van der Waals surface area contributed by atoms with E-state index >= 15 is 0 Å². The largest absolute Gasteiger partial charge is 0.482 e. The predicted octanol–water partition coefficient (Wildman–Crippen LogP) is 2.30. The zero-order valence-corrected chi connectivity index (χ0v) is 9.86. The molecule has 3 rings (SSSR count). The molecule has 1 spiro atoms.